The van der Waals surface area contributed by atoms with E-state index >= 15 is 0 Å². The molecular formula is C23H38O2. The molecule has 0 bridgehead atoms. The lowest BCUT2D eigenvalue weighted by molar-refractivity contribution is -0.129. The van der Waals surface area contributed by atoms with Crippen LogP contribution in [-0.2, 0) is 9.53 Å². The topological polar surface area (TPSA) is 26.3 Å². The Labute approximate surface area is 154 Å². The molecule has 2 nitrogen and oxygen atoms in total. The van der Waals surface area contributed by atoms with Crippen LogP contribution in [0.15, 0.2) is 0 Å². The first-order valence-electron chi connectivity index (χ1n) is 10.9. The number of hydrogen-bond acceptors (Lipinski definition) is 2. The molecule has 0 aromatic rings. The second-order valence-electron chi connectivity index (χ2n) is 10.4. The molecule has 0 amide bonds. The van der Waals surface area contributed by atoms with Crippen molar-refractivity contribution < 1.29 is 9.53 Å². The first-order valence-corrected chi connectivity index (χ1v) is 10.9. The van der Waals surface area contributed by atoms with Crippen LogP contribution in [0.3, 0.4) is 0 Å². The molecule has 0 saturated heterocycles. The third-order valence-corrected chi connectivity index (χ3v) is 9.25. The van der Waals surface area contributed by atoms with Crippen molar-refractivity contribution in [3.8, 4) is 0 Å². The second kappa shape index (κ2) is 6.66. The highest BCUT2D eigenvalue weighted by molar-refractivity contribution is 5.80. The lowest BCUT2D eigenvalue weighted by Crippen LogP contribution is -2.49. The maximum Gasteiger partial charge on any atom is 0.133 e. The molecule has 8 unspecified atom stereocenters. The van der Waals surface area contributed by atoms with Crippen molar-refractivity contribution in [1.29, 1.82) is 0 Å². The maximum atomic E-state index is 12.4. The predicted molar refractivity (Wildman–Crippen MR) is 101 cm³/mol. The fraction of sp³-hybridized carbons (Fsp3) is 0.957. The van der Waals surface area contributed by atoms with Crippen LogP contribution >= 0.6 is 0 Å². The molecule has 0 spiro atoms. The molecule has 0 radical (unpaired) electrons. The van der Waals surface area contributed by atoms with Crippen molar-refractivity contribution in [3.05, 3.63) is 0 Å². The van der Waals surface area contributed by atoms with Crippen molar-refractivity contribution in [3.63, 3.8) is 0 Å². The smallest absolute Gasteiger partial charge is 0.133 e. The van der Waals surface area contributed by atoms with Gasteiger partial charge in [-0.05, 0) is 105 Å². The van der Waals surface area contributed by atoms with Crippen LogP contribution < -0.4 is 0 Å². The lowest BCUT2D eigenvalue weighted by Gasteiger charge is -2.56. The molecule has 4 saturated carbocycles. The fourth-order valence-corrected chi connectivity index (χ4v) is 8.57. The molecule has 0 heterocycles. The van der Waals surface area contributed by atoms with E-state index in [0.717, 1.165) is 42.1 Å². The first-order chi connectivity index (χ1) is 12.0. The Bertz CT molecular complexity index is 514. The predicted octanol–water partition coefficient (Wildman–Crippen LogP) is 5.35. The second-order valence-corrected chi connectivity index (χ2v) is 10.4. The highest BCUT2D eigenvalue weighted by atomic mass is 16.5. The zero-order valence-electron chi connectivity index (χ0n) is 16.8. The van der Waals surface area contributed by atoms with E-state index in [1.807, 2.05) is 14.0 Å². The number of hydrogen-bond donors (Lipinski definition) is 0. The van der Waals surface area contributed by atoms with Gasteiger partial charge in [0.1, 0.15) is 5.78 Å². The molecule has 0 aromatic carbocycles. The number of carbonyl (C=O) groups is 1. The molecule has 9 atom stereocenters. The molecule has 2 heteroatoms. The normalized spacial score (nSPS) is 52.2. The van der Waals surface area contributed by atoms with Gasteiger partial charge in [-0.3, -0.25) is 4.79 Å². The largest absolute Gasteiger partial charge is 0.384 e. The molecule has 0 N–H and O–H groups in total. The summed E-state index contributed by atoms with van der Waals surface area (Å²) in [5.74, 6) is 6.81. The number of Topliss-reactive ketones (excluding diaryl/α,β-unsaturated/α-hetero) is 1. The summed E-state index contributed by atoms with van der Waals surface area (Å²) in [5.41, 5.74) is 0.298. The minimum absolute atomic E-state index is 0.298. The van der Waals surface area contributed by atoms with Crippen LogP contribution in [0, 0.1) is 52.8 Å². The van der Waals surface area contributed by atoms with Crippen LogP contribution in [0.1, 0.15) is 72.1 Å². The summed E-state index contributed by atoms with van der Waals surface area (Å²) in [7, 11) is 1.86. The lowest BCUT2D eigenvalue weighted by atomic mass is 9.49. The Morgan fingerprint density at radius 3 is 2.52 bits per heavy atom. The minimum atomic E-state index is 0.298. The summed E-state index contributed by atoms with van der Waals surface area (Å²) in [4.78, 5) is 12.4. The average Bonchev–Trinajstić information content (AvgIpc) is 2.85. The fourth-order valence-electron chi connectivity index (χ4n) is 8.57. The van der Waals surface area contributed by atoms with Crippen LogP contribution in [-0.4, -0.2) is 19.5 Å². The van der Waals surface area contributed by atoms with Crippen LogP contribution in [0.2, 0.25) is 0 Å². The van der Waals surface area contributed by atoms with Crippen LogP contribution in [0.25, 0.3) is 0 Å². The summed E-state index contributed by atoms with van der Waals surface area (Å²) in [5, 5.41) is 0. The molecule has 4 aliphatic carbocycles. The summed E-state index contributed by atoms with van der Waals surface area (Å²) < 4.78 is 5.45. The van der Waals surface area contributed by atoms with Gasteiger partial charge in [-0.2, -0.15) is 0 Å². The summed E-state index contributed by atoms with van der Waals surface area (Å²) in [6.07, 6.45) is 11.1. The molecule has 4 fully saturated rings. The van der Waals surface area contributed by atoms with E-state index in [2.05, 4.69) is 13.8 Å². The molecule has 142 valence electrons. The van der Waals surface area contributed by atoms with Gasteiger partial charge in [-0.1, -0.05) is 13.8 Å². The maximum absolute atomic E-state index is 12.4. The van der Waals surface area contributed by atoms with Gasteiger partial charge in [0, 0.05) is 19.6 Å². The zero-order chi connectivity index (χ0) is 17.8. The minimum Gasteiger partial charge on any atom is -0.384 e. The van der Waals surface area contributed by atoms with Gasteiger partial charge in [0.15, 0.2) is 0 Å². The monoisotopic (exact) mass is 346 g/mol. The summed E-state index contributed by atoms with van der Waals surface area (Å²) in [6.45, 7) is 7.65. The average molecular weight is 347 g/mol. The third-order valence-electron chi connectivity index (χ3n) is 9.25. The van der Waals surface area contributed by atoms with Crippen LogP contribution in [0.4, 0.5) is 0 Å². The Morgan fingerprint density at radius 1 is 1.04 bits per heavy atom. The van der Waals surface area contributed by atoms with Crippen molar-refractivity contribution >= 4 is 5.78 Å². The number of fused-ring (bicyclic) bond motifs is 5. The molecular weight excluding hydrogens is 308 g/mol. The highest BCUT2D eigenvalue weighted by Crippen LogP contribution is 2.65. The molecule has 0 aliphatic heterocycles. The van der Waals surface area contributed by atoms with Crippen molar-refractivity contribution in [2.24, 2.45) is 52.8 Å². The zero-order valence-corrected chi connectivity index (χ0v) is 16.8. The number of methoxy groups -OCH3 is 1. The SMILES string of the molecule is COCC1CCC2C(CCC3C2CCC2(C)C3CC(C)[C@@H]2C(C)=O)C1. The van der Waals surface area contributed by atoms with Crippen molar-refractivity contribution in [2.45, 2.75) is 72.1 Å². The van der Waals surface area contributed by atoms with E-state index in [4.69, 9.17) is 4.74 Å². The summed E-state index contributed by atoms with van der Waals surface area (Å²) in [6, 6.07) is 0. The van der Waals surface area contributed by atoms with Gasteiger partial charge < -0.3 is 4.74 Å². The van der Waals surface area contributed by atoms with Crippen molar-refractivity contribution in [2.75, 3.05) is 13.7 Å². The van der Waals surface area contributed by atoms with E-state index in [0.29, 0.717) is 23.0 Å². The van der Waals surface area contributed by atoms with E-state index in [9.17, 15) is 4.79 Å². The number of rotatable bonds is 3. The van der Waals surface area contributed by atoms with Gasteiger partial charge >= 0.3 is 0 Å². The Hall–Kier alpha value is -0.370. The quantitative estimate of drug-likeness (QED) is 0.688. The van der Waals surface area contributed by atoms with Gasteiger partial charge in [0.2, 0.25) is 0 Å². The van der Waals surface area contributed by atoms with E-state index < -0.39 is 0 Å². The standard InChI is InChI=1S/C23H38O2/c1-14-11-21-20-8-6-17-12-16(13-25-4)5-7-18(17)19(20)9-10-23(21,3)22(14)15(2)24/h14,16-22H,5-13H2,1-4H3/t14?,16?,17?,18?,19?,20?,21?,22-,23?/m1/s1. The van der Waals surface area contributed by atoms with E-state index in [1.54, 1.807) is 0 Å². The molecule has 0 aromatic heterocycles. The molecule has 4 aliphatic rings. The van der Waals surface area contributed by atoms with Crippen molar-refractivity contribution in [1.82, 2.24) is 0 Å². The Morgan fingerprint density at radius 2 is 1.80 bits per heavy atom. The molecule has 25 heavy (non-hydrogen) atoms. The third kappa shape index (κ3) is 2.82. The number of carbonyl (C=O) groups excluding carboxylic acids is 1. The van der Waals surface area contributed by atoms with Crippen LogP contribution in [0.5, 0.6) is 0 Å². The Kier molecular flexibility index (Phi) is 4.80. The van der Waals surface area contributed by atoms with Gasteiger partial charge in [-0.25, -0.2) is 0 Å². The van der Waals surface area contributed by atoms with E-state index in [-0.39, 0.29) is 0 Å². The molecule has 4 rings (SSSR count). The number of ketones is 1. The first kappa shape index (κ1) is 18.0. The van der Waals surface area contributed by atoms with Gasteiger partial charge in [-0.15, -0.1) is 0 Å². The number of ether oxygens (including phenoxy) is 1. The van der Waals surface area contributed by atoms with Gasteiger partial charge in [0.25, 0.3) is 0 Å². The highest BCUT2D eigenvalue weighted by Gasteiger charge is 2.59. The Balaban J connectivity index is 1.52. The van der Waals surface area contributed by atoms with Gasteiger partial charge in [0.05, 0.1) is 0 Å². The summed E-state index contributed by atoms with van der Waals surface area (Å²) >= 11 is 0. The van der Waals surface area contributed by atoms with E-state index in [1.165, 1.54) is 51.4 Å².